The zero-order valence-corrected chi connectivity index (χ0v) is 9.35. The number of hydrogen-bond donors (Lipinski definition) is 1. The van der Waals surface area contributed by atoms with Gasteiger partial charge in [0.05, 0.1) is 6.61 Å². The molecule has 0 fully saturated rings. The smallest absolute Gasteiger partial charge is 0.0587 e. The number of ether oxygens (including phenoxy) is 1. The van der Waals surface area contributed by atoms with Gasteiger partial charge in [0, 0.05) is 20.2 Å². The summed E-state index contributed by atoms with van der Waals surface area (Å²) >= 11 is 0. The SMILES string of the molecule is COCCNCC1=CCCCCCC1. The van der Waals surface area contributed by atoms with Crippen molar-refractivity contribution < 1.29 is 4.74 Å². The van der Waals surface area contributed by atoms with Crippen LogP contribution in [0.5, 0.6) is 0 Å². The highest BCUT2D eigenvalue weighted by Crippen LogP contribution is 2.16. The largest absolute Gasteiger partial charge is 0.383 e. The maximum Gasteiger partial charge on any atom is 0.0587 e. The van der Waals surface area contributed by atoms with Gasteiger partial charge in [-0.2, -0.15) is 0 Å². The summed E-state index contributed by atoms with van der Waals surface area (Å²) < 4.78 is 4.99. The molecule has 0 saturated heterocycles. The van der Waals surface area contributed by atoms with Gasteiger partial charge in [0.25, 0.3) is 0 Å². The third-order valence-electron chi connectivity index (χ3n) is 2.72. The first-order valence-electron chi connectivity index (χ1n) is 5.81. The van der Waals surface area contributed by atoms with Crippen molar-refractivity contribution in [2.45, 2.75) is 38.5 Å². The summed E-state index contributed by atoms with van der Waals surface area (Å²) in [5.41, 5.74) is 1.60. The lowest BCUT2D eigenvalue weighted by Gasteiger charge is -2.12. The van der Waals surface area contributed by atoms with Crippen LogP contribution in [0.4, 0.5) is 0 Å². The number of rotatable bonds is 5. The maximum absolute atomic E-state index is 4.99. The van der Waals surface area contributed by atoms with Gasteiger partial charge in [-0.3, -0.25) is 0 Å². The van der Waals surface area contributed by atoms with Crippen LogP contribution in [0.2, 0.25) is 0 Å². The zero-order valence-electron chi connectivity index (χ0n) is 9.35. The van der Waals surface area contributed by atoms with Gasteiger partial charge in [-0.1, -0.05) is 24.5 Å². The Morgan fingerprint density at radius 3 is 3.00 bits per heavy atom. The molecule has 0 radical (unpaired) electrons. The quantitative estimate of drug-likeness (QED) is 0.540. The summed E-state index contributed by atoms with van der Waals surface area (Å²) in [6.45, 7) is 2.84. The molecule has 0 bridgehead atoms. The van der Waals surface area contributed by atoms with E-state index in [9.17, 15) is 0 Å². The molecule has 1 rings (SSSR count). The Balaban J connectivity index is 2.13. The highest BCUT2D eigenvalue weighted by molar-refractivity contribution is 5.04. The van der Waals surface area contributed by atoms with Gasteiger partial charge >= 0.3 is 0 Å². The highest BCUT2D eigenvalue weighted by Gasteiger charge is 2.01. The molecule has 0 amide bonds. The van der Waals surface area contributed by atoms with Crippen molar-refractivity contribution in [1.82, 2.24) is 5.32 Å². The number of allylic oxidation sites excluding steroid dienone is 1. The first kappa shape index (κ1) is 11.7. The van der Waals surface area contributed by atoms with Crippen molar-refractivity contribution in [2.75, 3.05) is 26.8 Å². The van der Waals surface area contributed by atoms with Gasteiger partial charge in [0.1, 0.15) is 0 Å². The van der Waals surface area contributed by atoms with Crippen molar-refractivity contribution in [3.05, 3.63) is 11.6 Å². The zero-order chi connectivity index (χ0) is 10.1. The third-order valence-corrected chi connectivity index (χ3v) is 2.72. The van der Waals surface area contributed by atoms with Crippen LogP contribution in [0.15, 0.2) is 11.6 Å². The molecule has 0 aromatic rings. The lowest BCUT2D eigenvalue weighted by atomic mass is 10.00. The molecule has 1 aliphatic carbocycles. The van der Waals surface area contributed by atoms with E-state index < -0.39 is 0 Å². The minimum Gasteiger partial charge on any atom is -0.383 e. The van der Waals surface area contributed by atoms with Crippen LogP contribution in [0.25, 0.3) is 0 Å². The van der Waals surface area contributed by atoms with Crippen LogP contribution in [-0.2, 0) is 4.74 Å². The third kappa shape index (κ3) is 5.40. The van der Waals surface area contributed by atoms with E-state index in [0.717, 1.165) is 19.7 Å². The second-order valence-corrected chi connectivity index (χ2v) is 3.98. The van der Waals surface area contributed by atoms with Crippen LogP contribution in [-0.4, -0.2) is 26.8 Å². The molecule has 2 heteroatoms. The summed E-state index contributed by atoms with van der Waals surface area (Å²) in [6.07, 6.45) is 10.6. The minimum absolute atomic E-state index is 0.813. The Morgan fingerprint density at radius 2 is 2.14 bits per heavy atom. The number of nitrogens with one attached hydrogen (secondary N) is 1. The molecule has 0 aliphatic heterocycles. The summed E-state index contributed by atoms with van der Waals surface area (Å²) in [4.78, 5) is 0. The molecule has 0 atom stereocenters. The van der Waals surface area contributed by atoms with Crippen molar-refractivity contribution in [2.24, 2.45) is 0 Å². The molecule has 0 unspecified atom stereocenters. The van der Waals surface area contributed by atoms with Crippen molar-refractivity contribution in [3.63, 3.8) is 0 Å². The van der Waals surface area contributed by atoms with E-state index >= 15 is 0 Å². The fourth-order valence-electron chi connectivity index (χ4n) is 1.84. The average molecular weight is 197 g/mol. The van der Waals surface area contributed by atoms with E-state index in [2.05, 4.69) is 11.4 Å². The Bertz CT molecular complexity index is 166. The summed E-state index contributed by atoms with van der Waals surface area (Å²) in [6, 6.07) is 0. The van der Waals surface area contributed by atoms with E-state index in [4.69, 9.17) is 4.74 Å². The van der Waals surface area contributed by atoms with Crippen molar-refractivity contribution >= 4 is 0 Å². The predicted octanol–water partition coefficient (Wildman–Crippen LogP) is 2.50. The molecular formula is C12H23NO. The second kappa shape index (κ2) is 8.01. The van der Waals surface area contributed by atoms with Crippen LogP contribution >= 0.6 is 0 Å². The van der Waals surface area contributed by atoms with E-state index in [1.165, 1.54) is 38.5 Å². The van der Waals surface area contributed by atoms with Crippen molar-refractivity contribution in [1.29, 1.82) is 0 Å². The topological polar surface area (TPSA) is 21.3 Å². The van der Waals surface area contributed by atoms with Gasteiger partial charge in [-0.25, -0.2) is 0 Å². The molecular weight excluding hydrogens is 174 g/mol. The molecule has 14 heavy (non-hydrogen) atoms. The molecule has 1 N–H and O–H groups in total. The van der Waals surface area contributed by atoms with Gasteiger partial charge in [0.15, 0.2) is 0 Å². The highest BCUT2D eigenvalue weighted by atomic mass is 16.5. The fourth-order valence-corrected chi connectivity index (χ4v) is 1.84. The Morgan fingerprint density at radius 1 is 1.29 bits per heavy atom. The summed E-state index contributed by atoms with van der Waals surface area (Å²) in [7, 11) is 1.75. The Hall–Kier alpha value is -0.340. The molecule has 82 valence electrons. The van der Waals surface area contributed by atoms with E-state index in [1.807, 2.05) is 0 Å². The normalized spacial score (nSPS) is 18.5. The standard InChI is InChI=1S/C12H23NO/c1-14-10-9-13-11-12-7-5-3-2-4-6-8-12/h7,13H,2-6,8-11H2,1H3. The summed E-state index contributed by atoms with van der Waals surface area (Å²) in [5, 5.41) is 3.41. The first-order chi connectivity index (χ1) is 6.93. The lowest BCUT2D eigenvalue weighted by molar-refractivity contribution is 0.200. The van der Waals surface area contributed by atoms with E-state index in [0.29, 0.717) is 0 Å². The molecule has 1 aliphatic rings. The number of methoxy groups -OCH3 is 1. The van der Waals surface area contributed by atoms with E-state index in [-0.39, 0.29) is 0 Å². The first-order valence-corrected chi connectivity index (χ1v) is 5.81. The Labute approximate surface area is 87.7 Å². The fraction of sp³-hybridized carbons (Fsp3) is 0.833. The predicted molar refractivity (Wildman–Crippen MR) is 60.5 cm³/mol. The molecule has 0 aromatic heterocycles. The van der Waals surface area contributed by atoms with Crippen LogP contribution in [0, 0.1) is 0 Å². The van der Waals surface area contributed by atoms with Crippen LogP contribution in [0.3, 0.4) is 0 Å². The molecule has 0 saturated carbocycles. The molecule has 0 spiro atoms. The molecule has 0 aromatic carbocycles. The average Bonchev–Trinajstić information content (AvgIpc) is 2.15. The second-order valence-electron chi connectivity index (χ2n) is 3.98. The lowest BCUT2D eigenvalue weighted by Crippen LogP contribution is -2.21. The minimum atomic E-state index is 0.813. The maximum atomic E-state index is 4.99. The summed E-state index contributed by atoms with van der Waals surface area (Å²) in [5.74, 6) is 0. The number of hydrogen-bond acceptors (Lipinski definition) is 2. The van der Waals surface area contributed by atoms with Crippen LogP contribution in [0.1, 0.15) is 38.5 Å². The van der Waals surface area contributed by atoms with Crippen molar-refractivity contribution in [3.8, 4) is 0 Å². The molecule has 2 nitrogen and oxygen atoms in total. The van der Waals surface area contributed by atoms with E-state index in [1.54, 1.807) is 12.7 Å². The van der Waals surface area contributed by atoms with Crippen LogP contribution < -0.4 is 5.32 Å². The van der Waals surface area contributed by atoms with Gasteiger partial charge in [-0.15, -0.1) is 0 Å². The molecule has 0 heterocycles. The van der Waals surface area contributed by atoms with Gasteiger partial charge in [-0.05, 0) is 25.7 Å². The monoisotopic (exact) mass is 197 g/mol. The Kier molecular flexibility index (Phi) is 6.71. The van der Waals surface area contributed by atoms with Gasteiger partial charge in [0.2, 0.25) is 0 Å². The van der Waals surface area contributed by atoms with Gasteiger partial charge < -0.3 is 10.1 Å².